The summed E-state index contributed by atoms with van der Waals surface area (Å²) in [5.41, 5.74) is -1.88. The van der Waals surface area contributed by atoms with Crippen molar-refractivity contribution in [2.75, 3.05) is 0 Å². The van der Waals surface area contributed by atoms with Gasteiger partial charge >= 0.3 is 11.9 Å². The predicted molar refractivity (Wildman–Crippen MR) is 69.6 cm³/mol. The summed E-state index contributed by atoms with van der Waals surface area (Å²) in [5, 5.41) is 11.3. The maximum atomic E-state index is 12.6. The molecule has 0 saturated carbocycles. The Hall–Kier alpha value is -2.28. The molecular formula is C13H7ClF3NO3. The molecule has 0 aliphatic carbocycles. The summed E-state index contributed by atoms with van der Waals surface area (Å²) < 4.78 is 42.9. The van der Waals surface area contributed by atoms with Crippen LogP contribution in [0.4, 0.5) is 18.9 Å². The first-order chi connectivity index (χ1) is 9.77. The van der Waals surface area contributed by atoms with Crippen LogP contribution in [0.15, 0.2) is 42.5 Å². The number of ether oxygens (including phenoxy) is 1. The lowest BCUT2D eigenvalue weighted by molar-refractivity contribution is -0.385. The van der Waals surface area contributed by atoms with Crippen LogP contribution >= 0.6 is 11.6 Å². The number of benzene rings is 2. The highest BCUT2D eigenvalue weighted by Crippen LogP contribution is 2.37. The van der Waals surface area contributed by atoms with Crippen LogP contribution in [0.1, 0.15) is 5.56 Å². The highest BCUT2D eigenvalue weighted by molar-refractivity contribution is 6.30. The summed E-state index contributed by atoms with van der Waals surface area (Å²) >= 11 is 5.68. The summed E-state index contributed by atoms with van der Waals surface area (Å²) in [6.07, 6.45) is -4.66. The second kappa shape index (κ2) is 5.61. The van der Waals surface area contributed by atoms with Gasteiger partial charge in [0.25, 0.3) is 0 Å². The quantitative estimate of drug-likeness (QED) is 0.587. The number of nitrogens with zero attached hydrogens (tertiary/aromatic N) is 1. The number of nitro benzene ring substituents is 1. The molecule has 0 fully saturated rings. The molecule has 110 valence electrons. The third kappa shape index (κ3) is 3.63. The van der Waals surface area contributed by atoms with Gasteiger partial charge in [-0.3, -0.25) is 10.1 Å². The van der Waals surface area contributed by atoms with Gasteiger partial charge in [0.15, 0.2) is 0 Å². The first-order valence-corrected chi connectivity index (χ1v) is 5.94. The number of hydrogen-bond donors (Lipinski definition) is 0. The summed E-state index contributed by atoms with van der Waals surface area (Å²) in [4.78, 5) is 9.95. The first kappa shape index (κ1) is 15.1. The second-order valence-electron chi connectivity index (χ2n) is 3.99. The summed E-state index contributed by atoms with van der Waals surface area (Å²) in [5.74, 6) is -0.0578. The van der Waals surface area contributed by atoms with Crippen LogP contribution in [0.5, 0.6) is 11.5 Å². The Bertz CT molecular complexity index is 671. The van der Waals surface area contributed by atoms with Crippen LogP contribution in [-0.2, 0) is 6.18 Å². The van der Waals surface area contributed by atoms with E-state index in [4.69, 9.17) is 16.3 Å². The van der Waals surface area contributed by atoms with Gasteiger partial charge in [-0.05, 0) is 36.4 Å². The fourth-order valence-electron chi connectivity index (χ4n) is 1.55. The molecule has 0 aromatic heterocycles. The van der Waals surface area contributed by atoms with Gasteiger partial charge in [-0.2, -0.15) is 13.2 Å². The highest BCUT2D eigenvalue weighted by Gasteiger charge is 2.33. The van der Waals surface area contributed by atoms with Crippen LogP contribution < -0.4 is 4.74 Å². The third-order valence-corrected chi connectivity index (χ3v) is 2.78. The van der Waals surface area contributed by atoms with E-state index in [2.05, 4.69) is 0 Å². The molecule has 21 heavy (non-hydrogen) atoms. The van der Waals surface area contributed by atoms with E-state index in [0.717, 1.165) is 12.1 Å². The van der Waals surface area contributed by atoms with E-state index in [-0.39, 0.29) is 11.5 Å². The largest absolute Gasteiger partial charge is 0.450 e. The molecule has 0 aliphatic heterocycles. The average Bonchev–Trinajstić information content (AvgIpc) is 2.40. The molecule has 0 amide bonds. The Morgan fingerprint density at radius 1 is 1.10 bits per heavy atom. The van der Waals surface area contributed by atoms with Crippen LogP contribution in [0, 0.1) is 10.1 Å². The molecule has 0 aliphatic rings. The van der Waals surface area contributed by atoms with Crippen LogP contribution in [0.25, 0.3) is 0 Å². The maximum Gasteiger partial charge on any atom is 0.416 e. The minimum atomic E-state index is -4.66. The zero-order valence-electron chi connectivity index (χ0n) is 10.2. The Morgan fingerprint density at radius 2 is 1.71 bits per heavy atom. The highest BCUT2D eigenvalue weighted by atomic mass is 35.5. The first-order valence-electron chi connectivity index (χ1n) is 5.56. The zero-order chi connectivity index (χ0) is 15.6. The van der Waals surface area contributed by atoms with Gasteiger partial charge in [-0.25, -0.2) is 0 Å². The van der Waals surface area contributed by atoms with Gasteiger partial charge in [0, 0.05) is 11.1 Å². The Morgan fingerprint density at radius 3 is 2.24 bits per heavy atom. The van der Waals surface area contributed by atoms with Crippen molar-refractivity contribution in [2.45, 2.75) is 6.18 Å². The van der Waals surface area contributed by atoms with Crippen molar-refractivity contribution >= 4 is 17.3 Å². The maximum absolute atomic E-state index is 12.6. The van der Waals surface area contributed by atoms with E-state index in [0.29, 0.717) is 11.1 Å². The fraction of sp³-hybridized carbons (Fsp3) is 0.0769. The van der Waals surface area contributed by atoms with Gasteiger partial charge in [-0.15, -0.1) is 0 Å². The van der Waals surface area contributed by atoms with E-state index in [1.54, 1.807) is 0 Å². The summed E-state index contributed by atoms with van der Waals surface area (Å²) in [7, 11) is 0. The molecular weight excluding hydrogens is 311 g/mol. The van der Waals surface area contributed by atoms with Gasteiger partial charge in [0.05, 0.1) is 10.5 Å². The lowest BCUT2D eigenvalue weighted by Crippen LogP contribution is -2.06. The van der Waals surface area contributed by atoms with Gasteiger partial charge in [0.2, 0.25) is 5.75 Å². The normalized spacial score (nSPS) is 11.2. The van der Waals surface area contributed by atoms with E-state index < -0.39 is 22.4 Å². The second-order valence-corrected chi connectivity index (χ2v) is 4.43. The molecule has 4 nitrogen and oxygen atoms in total. The van der Waals surface area contributed by atoms with E-state index in [9.17, 15) is 23.3 Å². The minimum absolute atomic E-state index is 0.224. The molecule has 2 aromatic rings. The lowest BCUT2D eigenvalue weighted by atomic mass is 10.2. The Balaban J connectivity index is 2.39. The lowest BCUT2D eigenvalue weighted by Gasteiger charge is -2.10. The van der Waals surface area contributed by atoms with Crippen LogP contribution in [-0.4, -0.2) is 4.92 Å². The van der Waals surface area contributed by atoms with Crippen molar-refractivity contribution in [3.63, 3.8) is 0 Å². The van der Waals surface area contributed by atoms with Crippen molar-refractivity contribution < 1.29 is 22.8 Å². The standard InChI is InChI=1S/C13H7ClF3NO3/c14-9-2-4-10(5-3-9)21-12-6-1-8(13(15,16)17)7-11(12)18(19)20/h1-7H. The van der Waals surface area contributed by atoms with Crippen molar-refractivity contribution in [2.24, 2.45) is 0 Å². The number of halogens is 4. The van der Waals surface area contributed by atoms with Gasteiger partial charge in [-0.1, -0.05) is 11.6 Å². The molecule has 0 radical (unpaired) electrons. The zero-order valence-corrected chi connectivity index (χ0v) is 11.0. The van der Waals surface area contributed by atoms with E-state index in [1.165, 1.54) is 24.3 Å². The third-order valence-electron chi connectivity index (χ3n) is 2.52. The molecule has 0 unspecified atom stereocenters. The molecule has 2 rings (SSSR count). The topological polar surface area (TPSA) is 52.4 Å². The SMILES string of the molecule is O=[N+]([O-])c1cc(C(F)(F)F)ccc1Oc1ccc(Cl)cc1. The molecule has 0 bridgehead atoms. The number of rotatable bonds is 3. The summed E-state index contributed by atoms with van der Waals surface area (Å²) in [6, 6.07) is 7.95. The molecule has 2 aromatic carbocycles. The van der Waals surface area contributed by atoms with Crippen molar-refractivity contribution in [1.29, 1.82) is 0 Å². The number of alkyl halides is 3. The van der Waals surface area contributed by atoms with Gasteiger partial charge < -0.3 is 4.74 Å². The molecule has 0 heterocycles. The summed E-state index contributed by atoms with van der Waals surface area (Å²) in [6.45, 7) is 0. The van der Waals surface area contributed by atoms with E-state index in [1.807, 2.05) is 0 Å². The number of hydrogen-bond acceptors (Lipinski definition) is 3. The molecule has 0 saturated heterocycles. The van der Waals surface area contributed by atoms with Crippen molar-refractivity contribution in [3.8, 4) is 11.5 Å². The Kier molecular flexibility index (Phi) is 4.04. The molecule has 0 atom stereocenters. The van der Waals surface area contributed by atoms with Gasteiger partial charge in [0.1, 0.15) is 5.75 Å². The van der Waals surface area contributed by atoms with E-state index >= 15 is 0 Å². The molecule has 0 spiro atoms. The minimum Gasteiger partial charge on any atom is -0.450 e. The van der Waals surface area contributed by atoms with Crippen molar-refractivity contribution in [3.05, 3.63) is 63.2 Å². The smallest absolute Gasteiger partial charge is 0.416 e. The Labute approximate surface area is 121 Å². The van der Waals surface area contributed by atoms with Crippen LogP contribution in [0.3, 0.4) is 0 Å². The number of nitro groups is 1. The molecule has 0 N–H and O–H groups in total. The average molecular weight is 318 g/mol. The molecule has 8 heteroatoms. The van der Waals surface area contributed by atoms with Crippen molar-refractivity contribution in [1.82, 2.24) is 0 Å². The fourth-order valence-corrected chi connectivity index (χ4v) is 1.68. The van der Waals surface area contributed by atoms with Crippen LogP contribution in [0.2, 0.25) is 5.02 Å². The monoisotopic (exact) mass is 317 g/mol. The predicted octanol–water partition coefficient (Wildman–Crippen LogP) is 5.06.